The Kier molecular flexibility index (Phi) is 6.94. The lowest BCUT2D eigenvalue weighted by Gasteiger charge is -2.24. The minimum Gasteiger partial charge on any atom is -0.494 e. The molecule has 0 N–H and O–H groups in total. The standard InChI is InChI=1S/C27H27N3O6S/c1-2-35-21-9-7-19(8-10-21)17-29-25-12-11-23(15-24(25)26(31)27(29)32)37(33,34)30-14-4-5-20(30)18-36-22-6-3-13-28-16-22/h3,6-13,15-16,20H,2,4-5,14,17-18H2,1H3/t20-/m0/s1. The third kappa shape index (κ3) is 4.94. The van der Waals surface area contributed by atoms with Crippen molar-refractivity contribution in [2.75, 3.05) is 24.7 Å². The van der Waals surface area contributed by atoms with Gasteiger partial charge in [-0.25, -0.2) is 8.42 Å². The van der Waals surface area contributed by atoms with Gasteiger partial charge in [0.2, 0.25) is 10.0 Å². The molecule has 9 nitrogen and oxygen atoms in total. The number of fused-ring (bicyclic) bond motifs is 1. The molecule has 0 bridgehead atoms. The Morgan fingerprint density at radius 3 is 2.57 bits per heavy atom. The molecule has 2 aliphatic heterocycles. The predicted octanol–water partition coefficient (Wildman–Crippen LogP) is 3.44. The molecule has 2 aromatic carbocycles. The van der Waals surface area contributed by atoms with Gasteiger partial charge in [-0.1, -0.05) is 12.1 Å². The van der Waals surface area contributed by atoms with Crippen LogP contribution in [-0.2, 0) is 21.4 Å². The van der Waals surface area contributed by atoms with Crippen LogP contribution >= 0.6 is 0 Å². The minimum atomic E-state index is -3.90. The first kappa shape index (κ1) is 24.9. The molecular weight excluding hydrogens is 494 g/mol. The van der Waals surface area contributed by atoms with Gasteiger partial charge >= 0.3 is 0 Å². The first-order valence-electron chi connectivity index (χ1n) is 12.1. The van der Waals surface area contributed by atoms with Crippen LogP contribution in [0.3, 0.4) is 0 Å². The lowest BCUT2D eigenvalue weighted by atomic mass is 10.1. The number of nitrogens with zero attached hydrogens (tertiary/aromatic N) is 3. The van der Waals surface area contributed by atoms with Gasteiger partial charge in [0.1, 0.15) is 18.1 Å². The third-order valence-corrected chi connectivity index (χ3v) is 8.47. The Balaban J connectivity index is 1.35. The highest BCUT2D eigenvalue weighted by molar-refractivity contribution is 7.89. The first-order chi connectivity index (χ1) is 17.9. The van der Waals surface area contributed by atoms with Crippen LogP contribution in [-0.4, -0.2) is 55.2 Å². The fourth-order valence-electron chi connectivity index (χ4n) is 4.69. The van der Waals surface area contributed by atoms with Crippen LogP contribution in [0, 0.1) is 0 Å². The normalized spacial score (nSPS) is 17.8. The van der Waals surface area contributed by atoms with Gasteiger partial charge in [0.15, 0.2) is 0 Å². The van der Waals surface area contributed by atoms with Crippen LogP contribution in [0.2, 0.25) is 0 Å². The average molecular weight is 522 g/mol. The number of sulfonamides is 1. The fraction of sp³-hybridized carbons (Fsp3) is 0.296. The van der Waals surface area contributed by atoms with Crippen LogP contribution in [0.4, 0.5) is 5.69 Å². The number of anilines is 1. The molecule has 1 amide bonds. The van der Waals surface area contributed by atoms with E-state index >= 15 is 0 Å². The van der Waals surface area contributed by atoms with Gasteiger partial charge in [-0.05, 0) is 67.8 Å². The summed E-state index contributed by atoms with van der Waals surface area (Å²) in [6.07, 6.45) is 4.59. The average Bonchev–Trinajstić information content (AvgIpc) is 3.49. The molecular formula is C27H27N3O6S. The van der Waals surface area contributed by atoms with Gasteiger partial charge in [-0.15, -0.1) is 0 Å². The van der Waals surface area contributed by atoms with E-state index in [0.717, 1.165) is 11.3 Å². The van der Waals surface area contributed by atoms with Crippen molar-refractivity contribution in [1.29, 1.82) is 0 Å². The summed E-state index contributed by atoms with van der Waals surface area (Å²) in [7, 11) is -3.90. The van der Waals surface area contributed by atoms with Crippen LogP contribution in [0.5, 0.6) is 11.5 Å². The molecule has 1 saturated heterocycles. The summed E-state index contributed by atoms with van der Waals surface area (Å²) in [6.45, 7) is 3.19. The molecule has 0 radical (unpaired) electrons. The molecule has 5 rings (SSSR count). The molecule has 10 heteroatoms. The number of rotatable bonds is 9. The van der Waals surface area contributed by atoms with Crippen molar-refractivity contribution in [1.82, 2.24) is 9.29 Å². The Morgan fingerprint density at radius 2 is 1.84 bits per heavy atom. The maximum atomic E-state index is 13.5. The maximum Gasteiger partial charge on any atom is 0.299 e. The number of aromatic nitrogens is 1. The monoisotopic (exact) mass is 521 g/mol. The molecule has 0 spiro atoms. The Morgan fingerprint density at radius 1 is 1.03 bits per heavy atom. The van der Waals surface area contributed by atoms with Gasteiger partial charge in [-0.2, -0.15) is 4.31 Å². The smallest absolute Gasteiger partial charge is 0.299 e. The molecule has 1 atom stereocenters. The van der Waals surface area contributed by atoms with E-state index in [1.807, 2.05) is 31.2 Å². The highest BCUT2D eigenvalue weighted by Crippen LogP contribution is 2.34. The predicted molar refractivity (Wildman–Crippen MR) is 136 cm³/mol. The number of ketones is 1. The number of ether oxygens (including phenoxy) is 2. The van der Waals surface area contributed by atoms with Crippen molar-refractivity contribution in [2.24, 2.45) is 0 Å². The second-order valence-corrected chi connectivity index (χ2v) is 10.8. The number of hydrogen-bond acceptors (Lipinski definition) is 7. The largest absolute Gasteiger partial charge is 0.494 e. The van der Waals surface area contributed by atoms with E-state index in [-0.39, 0.29) is 29.7 Å². The molecule has 0 saturated carbocycles. The minimum absolute atomic E-state index is 0.0106. The summed E-state index contributed by atoms with van der Waals surface area (Å²) < 4.78 is 39.7. The summed E-state index contributed by atoms with van der Waals surface area (Å²) in [5.74, 6) is -0.101. The lowest BCUT2D eigenvalue weighted by Crippen LogP contribution is -2.39. The molecule has 3 heterocycles. The second kappa shape index (κ2) is 10.3. The van der Waals surface area contributed by atoms with E-state index in [0.29, 0.717) is 37.4 Å². The second-order valence-electron chi connectivity index (χ2n) is 8.89. The highest BCUT2D eigenvalue weighted by Gasteiger charge is 2.40. The third-order valence-electron chi connectivity index (χ3n) is 6.52. The molecule has 37 heavy (non-hydrogen) atoms. The van der Waals surface area contributed by atoms with Crippen molar-refractivity contribution in [2.45, 2.75) is 37.2 Å². The van der Waals surface area contributed by atoms with Crippen molar-refractivity contribution < 1.29 is 27.5 Å². The van der Waals surface area contributed by atoms with E-state index < -0.39 is 21.7 Å². The number of hydrogen-bond donors (Lipinski definition) is 0. The zero-order chi connectivity index (χ0) is 26.0. The van der Waals surface area contributed by atoms with Crippen molar-refractivity contribution >= 4 is 27.4 Å². The van der Waals surface area contributed by atoms with Gasteiger partial charge in [0.25, 0.3) is 11.7 Å². The lowest BCUT2D eigenvalue weighted by molar-refractivity contribution is -0.114. The summed E-state index contributed by atoms with van der Waals surface area (Å²) in [4.78, 5) is 31.0. The number of carbonyl (C=O) groups is 2. The number of Topliss-reactive ketones (excluding diaryl/α,β-unsaturated/α-hetero) is 1. The zero-order valence-corrected chi connectivity index (χ0v) is 21.2. The summed E-state index contributed by atoms with van der Waals surface area (Å²) in [5, 5.41) is 0. The van der Waals surface area contributed by atoms with E-state index in [2.05, 4.69) is 4.98 Å². The molecule has 1 fully saturated rings. The Hall–Kier alpha value is -3.76. The van der Waals surface area contributed by atoms with Crippen LogP contribution < -0.4 is 14.4 Å². The topological polar surface area (TPSA) is 106 Å². The van der Waals surface area contributed by atoms with Crippen molar-refractivity contribution in [3.05, 3.63) is 78.1 Å². The Labute approximate surface area is 215 Å². The van der Waals surface area contributed by atoms with Crippen molar-refractivity contribution in [3.63, 3.8) is 0 Å². The first-order valence-corrected chi connectivity index (χ1v) is 13.6. The highest BCUT2D eigenvalue weighted by atomic mass is 32.2. The van der Waals surface area contributed by atoms with Gasteiger partial charge in [0.05, 0.1) is 41.5 Å². The van der Waals surface area contributed by atoms with Crippen LogP contribution in [0.1, 0.15) is 35.7 Å². The molecule has 0 unspecified atom stereocenters. The summed E-state index contributed by atoms with van der Waals surface area (Å²) in [6, 6.07) is 14.8. The van der Waals surface area contributed by atoms with E-state index in [9.17, 15) is 18.0 Å². The number of amides is 1. The molecule has 192 valence electrons. The molecule has 2 aliphatic rings. The Bertz CT molecular complexity index is 1410. The molecule has 3 aromatic rings. The SMILES string of the molecule is CCOc1ccc(CN2C(=O)C(=O)c3cc(S(=O)(=O)N4CCC[C@H]4COc4cccnc4)ccc32)cc1. The van der Waals surface area contributed by atoms with Gasteiger partial charge in [0, 0.05) is 12.7 Å². The zero-order valence-electron chi connectivity index (χ0n) is 20.4. The van der Waals surface area contributed by atoms with Crippen LogP contribution in [0.25, 0.3) is 0 Å². The number of carbonyl (C=O) groups excluding carboxylic acids is 2. The van der Waals surface area contributed by atoms with E-state index in [1.54, 1.807) is 24.5 Å². The maximum absolute atomic E-state index is 13.5. The van der Waals surface area contributed by atoms with Gasteiger partial charge in [-0.3, -0.25) is 14.6 Å². The number of benzene rings is 2. The molecule has 1 aromatic heterocycles. The number of pyridine rings is 1. The van der Waals surface area contributed by atoms with Crippen LogP contribution in [0.15, 0.2) is 71.9 Å². The molecule has 0 aliphatic carbocycles. The van der Waals surface area contributed by atoms with E-state index in [4.69, 9.17) is 9.47 Å². The van der Waals surface area contributed by atoms with E-state index in [1.165, 1.54) is 27.4 Å². The summed E-state index contributed by atoms with van der Waals surface area (Å²) >= 11 is 0. The van der Waals surface area contributed by atoms with Crippen molar-refractivity contribution in [3.8, 4) is 11.5 Å². The fourth-order valence-corrected chi connectivity index (χ4v) is 6.40. The summed E-state index contributed by atoms with van der Waals surface area (Å²) in [5.41, 5.74) is 1.32. The van der Waals surface area contributed by atoms with Gasteiger partial charge < -0.3 is 14.4 Å². The quantitative estimate of drug-likeness (QED) is 0.397.